The third-order valence-electron chi connectivity index (χ3n) is 10.5. The number of nitrogens with zero attached hydrogens (tertiary/aromatic N) is 4. The summed E-state index contributed by atoms with van der Waals surface area (Å²) in [5.74, 6) is -0.745. The van der Waals surface area contributed by atoms with E-state index >= 15 is 0 Å². The van der Waals surface area contributed by atoms with Crippen molar-refractivity contribution in [1.29, 1.82) is 0 Å². The summed E-state index contributed by atoms with van der Waals surface area (Å²) in [5.41, 5.74) is 10.2. The minimum Gasteiger partial charge on any atom is -0.464 e. The summed E-state index contributed by atoms with van der Waals surface area (Å²) in [6.45, 7) is 12.6. The first-order chi connectivity index (χ1) is 26.0. The molecule has 0 saturated carbocycles. The number of nitrogens with one attached hydrogen (secondary N) is 5. The number of esters is 1. The number of aromatic amines is 1. The molecule has 3 aliphatic heterocycles. The number of piperazine rings is 1. The first kappa shape index (κ1) is 37.7. The summed E-state index contributed by atoms with van der Waals surface area (Å²) in [5, 5.41) is 14.2. The van der Waals surface area contributed by atoms with E-state index in [1.807, 2.05) is 25.4 Å². The van der Waals surface area contributed by atoms with Gasteiger partial charge in [-0.3, -0.25) is 19.6 Å². The smallest absolute Gasteiger partial charge is 0.324 e. The normalized spacial score (nSPS) is 21.4. The molecule has 4 aromatic rings. The van der Waals surface area contributed by atoms with Crippen molar-refractivity contribution in [3.05, 3.63) is 52.1 Å². The Balaban J connectivity index is 1.34. The number of hydrazine groups is 1. The molecular weight excluding hydrogens is 707 g/mol. The maximum atomic E-state index is 13.9. The van der Waals surface area contributed by atoms with Gasteiger partial charge >= 0.3 is 12.0 Å². The van der Waals surface area contributed by atoms with Crippen LogP contribution in [-0.4, -0.2) is 103 Å². The van der Waals surface area contributed by atoms with Crippen LogP contribution in [0.4, 0.5) is 10.5 Å². The average molecular weight is 758 g/mol. The lowest BCUT2D eigenvalue weighted by molar-refractivity contribution is -0.155. The highest BCUT2D eigenvalue weighted by atomic mass is 32.1. The molecular formula is C39H51N9O5S. The van der Waals surface area contributed by atoms with Gasteiger partial charge in [0.15, 0.2) is 0 Å². The van der Waals surface area contributed by atoms with Crippen molar-refractivity contribution >= 4 is 45.8 Å². The Bertz CT molecular complexity index is 2000. The number of methoxy groups -OCH3 is 1. The van der Waals surface area contributed by atoms with Gasteiger partial charge in [0.1, 0.15) is 12.1 Å². The first-order valence-electron chi connectivity index (χ1n) is 18.9. The Kier molecular flexibility index (Phi) is 11.2. The number of thiazole rings is 1. The van der Waals surface area contributed by atoms with Crippen LogP contribution in [-0.2, 0) is 31.9 Å². The topological polar surface area (TPSA) is 166 Å². The number of hydrogen-bond donors (Lipinski definition) is 5. The number of H-pyrrole nitrogens is 1. The third kappa shape index (κ3) is 8.09. The van der Waals surface area contributed by atoms with Gasteiger partial charge < -0.3 is 35.3 Å². The molecule has 0 aliphatic carbocycles. The average Bonchev–Trinajstić information content (AvgIpc) is 3.80. The van der Waals surface area contributed by atoms with Crippen LogP contribution in [0.5, 0.6) is 0 Å². The van der Waals surface area contributed by atoms with Crippen LogP contribution in [0, 0.1) is 5.41 Å². The number of benzene rings is 1. The highest BCUT2D eigenvalue weighted by Crippen LogP contribution is 2.41. The number of cyclic esters (lactones) is 1. The second-order valence-corrected chi connectivity index (χ2v) is 16.1. The van der Waals surface area contributed by atoms with E-state index in [9.17, 15) is 14.4 Å². The highest BCUT2D eigenvalue weighted by molar-refractivity contribution is 7.10. The van der Waals surface area contributed by atoms with E-state index < -0.39 is 29.5 Å². The molecule has 3 aliphatic rings. The van der Waals surface area contributed by atoms with Gasteiger partial charge in [0, 0.05) is 85.6 Å². The summed E-state index contributed by atoms with van der Waals surface area (Å²) in [7, 11) is 1.70. The van der Waals surface area contributed by atoms with Gasteiger partial charge in [0.25, 0.3) is 5.91 Å². The van der Waals surface area contributed by atoms with E-state index in [1.165, 1.54) is 16.3 Å². The van der Waals surface area contributed by atoms with Gasteiger partial charge in [-0.15, -0.1) is 11.3 Å². The number of anilines is 1. The third-order valence-corrected chi connectivity index (χ3v) is 11.3. The van der Waals surface area contributed by atoms with E-state index in [0.29, 0.717) is 37.4 Å². The predicted molar refractivity (Wildman–Crippen MR) is 209 cm³/mol. The minimum atomic E-state index is -0.897. The van der Waals surface area contributed by atoms with Crippen molar-refractivity contribution in [3.63, 3.8) is 0 Å². The van der Waals surface area contributed by atoms with Gasteiger partial charge in [-0.25, -0.2) is 15.2 Å². The zero-order valence-corrected chi connectivity index (χ0v) is 32.5. The first-order valence-corrected chi connectivity index (χ1v) is 19.8. The molecule has 2 saturated heterocycles. The van der Waals surface area contributed by atoms with Crippen LogP contribution in [0.15, 0.2) is 35.8 Å². The molecule has 3 atom stereocenters. The zero-order valence-electron chi connectivity index (χ0n) is 31.7. The number of hydrogen-bond acceptors (Lipinski definition) is 11. The molecule has 288 valence electrons. The van der Waals surface area contributed by atoms with Gasteiger partial charge in [0.05, 0.1) is 46.7 Å². The van der Waals surface area contributed by atoms with Crippen LogP contribution in [0.1, 0.15) is 62.9 Å². The van der Waals surface area contributed by atoms with Crippen molar-refractivity contribution in [1.82, 2.24) is 41.3 Å². The fourth-order valence-corrected chi connectivity index (χ4v) is 8.35. The van der Waals surface area contributed by atoms with E-state index in [-0.39, 0.29) is 25.0 Å². The van der Waals surface area contributed by atoms with Gasteiger partial charge in [-0.2, -0.15) is 0 Å². The van der Waals surface area contributed by atoms with Gasteiger partial charge in [0.2, 0.25) is 0 Å². The number of aromatic nitrogens is 3. The largest absolute Gasteiger partial charge is 0.464 e. The van der Waals surface area contributed by atoms with Crippen LogP contribution in [0.2, 0.25) is 0 Å². The Morgan fingerprint density at radius 3 is 2.78 bits per heavy atom. The van der Waals surface area contributed by atoms with E-state index in [1.54, 1.807) is 7.11 Å². The summed E-state index contributed by atoms with van der Waals surface area (Å²) in [6.07, 6.45) is 3.62. The monoisotopic (exact) mass is 757 g/mol. The molecule has 14 nitrogen and oxygen atoms in total. The van der Waals surface area contributed by atoms with Gasteiger partial charge in [-0.05, 0) is 56.9 Å². The van der Waals surface area contributed by atoms with Crippen molar-refractivity contribution in [2.45, 2.75) is 71.6 Å². The van der Waals surface area contributed by atoms with Crippen LogP contribution < -0.4 is 26.3 Å². The van der Waals surface area contributed by atoms with Crippen molar-refractivity contribution in [2.75, 3.05) is 57.9 Å². The maximum Gasteiger partial charge on any atom is 0.324 e. The van der Waals surface area contributed by atoms with E-state index in [0.717, 1.165) is 76.5 Å². The zero-order chi connectivity index (χ0) is 38.0. The lowest BCUT2D eigenvalue weighted by Gasteiger charge is -2.35. The molecule has 6 heterocycles. The number of fused-ring (bicyclic) bond motifs is 6. The molecule has 6 bridgehead atoms. The Hall–Kier alpha value is -4.57. The number of rotatable bonds is 6. The number of carbonyl (C=O) groups is 3. The Morgan fingerprint density at radius 2 is 2.00 bits per heavy atom. The molecule has 54 heavy (non-hydrogen) atoms. The summed E-state index contributed by atoms with van der Waals surface area (Å²) < 4.78 is 11.9. The molecule has 0 radical (unpaired) electrons. The maximum absolute atomic E-state index is 13.9. The van der Waals surface area contributed by atoms with Crippen molar-refractivity contribution in [3.8, 4) is 22.5 Å². The Morgan fingerprint density at radius 1 is 1.19 bits per heavy atom. The minimum absolute atomic E-state index is 0.168. The molecule has 15 heteroatoms. The number of pyridine rings is 1. The van der Waals surface area contributed by atoms with Crippen LogP contribution in [0.25, 0.3) is 33.4 Å². The number of urea groups is 1. The predicted octanol–water partition coefficient (Wildman–Crippen LogP) is 4.32. The lowest BCUT2D eigenvalue weighted by Crippen LogP contribution is -2.61. The Labute approximate surface area is 319 Å². The second kappa shape index (κ2) is 16.0. The van der Waals surface area contributed by atoms with E-state index in [2.05, 4.69) is 69.4 Å². The molecule has 2 fully saturated rings. The molecule has 0 spiro atoms. The van der Waals surface area contributed by atoms with Crippen LogP contribution >= 0.6 is 11.3 Å². The number of carbonyl (C=O) groups excluding carboxylic acids is 3. The summed E-state index contributed by atoms with van der Waals surface area (Å²) >= 11 is 1.45. The number of ether oxygens (including phenoxy) is 2. The van der Waals surface area contributed by atoms with E-state index in [4.69, 9.17) is 19.4 Å². The van der Waals surface area contributed by atoms with Crippen molar-refractivity contribution < 1.29 is 23.9 Å². The molecule has 5 N–H and O–H groups in total. The lowest BCUT2D eigenvalue weighted by atomic mass is 9.84. The second-order valence-electron chi connectivity index (χ2n) is 15.1. The summed E-state index contributed by atoms with van der Waals surface area (Å²) in [6, 6.07) is 6.49. The molecule has 3 amide bonds. The van der Waals surface area contributed by atoms with Crippen molar-refractivity contribution in [2.24, 2.45) is 5.41 Å². The standard InChI is InChI=1S/C39H51N9O5S/c1-6-41-38(51)45-31-18-33-43-32(21-54-33)24-9-10-29-26(16-24)28(19-39(3,4)22-53-37(50)30-8-7-13-48(46-30)36(31)49)35(44-29)27-17-25(47-14-11-40-12-15-47)20-42-34(27)23(2)52-5/h9-10,16-17,20-21,23,30-31,40,44,46H,6-8,11-15,18-19,22H2,1-5H3,(H2,41,45,51). The molecule has 3 aromatic heterocycles. The quantitative estimate of drug-likeness (QED) is 0.179. The molecule has 7 rings (SSSR count). The fraction of sp³-hybridized carbons (Fsp3) is 0.513. The highest BCUT2D eigenvalue weighted by Gasteiger charge is 2.35. The molecule has 3 unspecified atom stereocenters. The van der Waals surface area contributed by atoms with Gasteiger partial charge in [-0.1, -0.05) is 19.9 Å². The summed E-state index contributed by atoms with van der Waals surface area (Å²) in [4.78, 5) is 56.3. The van der Waals surface area contributed by atoms with Crippen LogP contribution in [0.3, 0.4) is 0 Å². The molecule has 1 aromatic carbocycles. The SMILES string of the molecule is CCNC(=O)NC1Cc2nc(cs2)-c2ccc3[nH]c(-c4cc(N5CCNCC5)cnc4C(C)OC)c(c3c2)CC(C)(C)COC(=O)C2CCCN(N2)C1=O. The number of amides is 3. The fourth-order valence-electron chi connectivity index (χ4n) is 7.50.